The molecule has 7 heteroatoms. The average molecular weight is 336 g/mol. The van der Waals surface area contributed by atoms with Crippen LogP contribution in [0.3, 0.4) is 0 Å². The lowest BCUT2D eigenvalue weighted by molar-refractivity contribution is 0.0929. The van der Waals surface area contributed by atoms with Crippen LogP contribution in [0.2, 0.25) is 0 Å². The van der Waals surface area contributed by atoms with Crippen molar-refractivity contribution in [3.8, 4) is 0 Å². The van der Waals surface area contributed by atoms with Gasteiger partial charge in [0, 0.05) is 49.0 Å². The van der Waals surface area contributed by atoms with Gasteiger partial charge in [0.1, 0.15) is 5.82 Å². The molecule has 0 atom stereocenters. The fourth-order valence-corrected chi connectivity index (χ4v) is 2.87. The molecule has 1 fully saturated rings. The molecule has 1 aromatic carbocycles. The zero-order chi connectivity index (χ0) is 17.3. The Morgan fingerprint density at radius 1 is 1.32 bits per heavy atom. The van der Waals surface area contributed by atoms with E-state index in [0.717, 1.165) is 29.9 Å². The van der Waals surface area contributed by atoms with Gasteiger partial charge in [-0.1, -0.05) is 0 Å². The van der Waals surface area contributed by atoms with Crippen LogP contribution in [0.25, 0.3) is 0 Å². The number of imidazole rings is 1. The molecule has 25 heavy (non-hydrogen) atoms. The van der Waals surface area contributed by atoms with Gasteiger partial charge in [0.25, 0.3) is 5.91 Å². The van der Waals surface area contributed by atoms with E-state index in [9.17, 15) is 4.79 Å². The summed E-state index contributed by atoms with van der Waals surface area (Å²) < 4.78 is 1.77. The molecule has 1 saturated carbocycles. The number of H-pyrrole nitrogens is 1. The number of rotatable bonds is 6. The molecule has 1 amide bonds. The predicted octanol–water partition coefficient (Wildman–Crippen LogP) is 2.17. The maximum Gasteiger partial charge on any atom is 0.252 e. The number of carbonyl (C=O) groups is 1. The van der Waals surface area contributed by atoms with E-state index in [1.165, 1.54) is 0 Å². The highest BCUT2D eigenvalue weighted by Crippen LogP contribution is 2.43. The third-order valence-corrected chi connectivity index (χ3v) is 4.46. The first kappa shape index (κ1) is 15.4. The second-order valence-electron chi connectivity index (χ2n) is 6.43. The maximum atomic E-state index is 12.5. The summed E-state index contributed by atoms with van der Waals surface area (Å²) in [6.07, 6.45) is 9.12. The number of carbonyl (C=O) groups excluding carboxylic acids is 1. The Labute approximate surface area is 145 Å². The normalized spacial score (nSPS) is 14.9. The van der Waals surface area contributed by atoms with E-state index in [1.807, 2.05) is 43.7 Å². The van der Waals surface area contributed by atoms with Crippen LogP contribution in [0.4, 0.5) is 5.69 Å². The Balaban J connectivity index is 1.37. The van der Waals surface area contributed by atoms with Crippen molar-refractivity contribution in [2.75, 3.05) is 5.32 Å². The molecule has 7 nitrogen and oxygen atoms in total. The highest BCUT2D eigenvalue weighted by atomic mass is 16.1. The zero-order valence-electron chi connectivity index (χ0n) is 14.0. The first-order valence-electron chi connectivity index (χ1n) is 8.28. The van der Waals surface area contributed by atoms with Gasteiger partial charge >= 0.3 is 0 Å². The number of amides is 1. The second kappa shape index (κ2) is 6.08. The molecular formula is C18H20N6O. The minimum absolute atomic E-state index is 0.0762. The fourth-order valence-electron chi connectivity index (χ4n) is 2.87. The van der Waals surface area contributed by atoms with Crippen LogP contribution in [0, 0.1) is 0 Å². The van der Waals surface area contributed by atoms with Gasteiger partial charge in [-0.2, -0.15) is 5.10 Å². The Morgan fingerprint density at radius 2 is 2.12 bits per heavy atom. The number of hydrogen-bond acceptors (Lipinski definition) is 4. The number of anilines is 1. The number of benzene rings is 1. The smallest absolute Gasteiger partial charge is 0.252 e. The quantitative estimate of drug-likeness (QED) is 0.644. The molecule has 0 radical (unpaired) electrons. The lowest BCUT2D eigenvalue weighted by atomic mass is 10.1. The SMILES string of the molecule is Cn1cc(CNc2ccc(C(=O)NC3(c4ncc[nH]4)CC3)cc2)cn1. The van der Waals surface area contributed by atoms with Crippen LogP contribution in [0.5, 0.6) is 0 Å². The molecule has 0 saturated heterocycles. The molecule has 1 aliphatic carbocycles. The second-order valence-corrected chi connectivity index (χ2v) is 6.43. The first-order valence-corrected chi connectivity index (χ1v) is 8.28. The van der Waals surface area contributed by atoms with Crippen molar-refractivity contribution in [1.29, 1.82) is 0 Å². The number of aromatic amines is 1. The average Bonchev–Trinajstić information content (AvgIpc) is 3.02. The number of nitrogens with one attached hydrogen (secondary N) is 3. The van der Waals surface area contributed by atoms with Gasteiger partial charge in [0.2, 0.25) is 0 Å². The largest absolute Gasteiger partial charge is 0.381 e. The van der Waals surface area contributed by atoms with Crippen LogP contribution < -0.4 is 10.6 Å². The topological polar surface area (TPSA) is 87.6 Å². The molecule has 0 bridgehead atoms. The van der Waals surface area contributed by atoms with Crippen molar-refractivity contribution in [3.05, 3.63) is 66.0 Å². The molecule has 3 aromatic rings. The van der Waals surface area contributed by atoms with Crippen molar-refractivity contribution in [1.82, 2.24) is 25.1 Å². The number of hydrogen-bond donors (Lipinski definition) is 3. The Kier molecular flexibility index (Phi) is 3.76. The lowest BCUT2D eigenvalue weighted by Gasteiger charge is -2.15. The van der Waals surface area contributed by atoms with Gasteiger partial charge in [0.15, 0.2) is 0 Å². The minimum Gasteiger partial charge on any atom is -0.381 e. The van der Waals surface area contributed by atoms with E-state index < -0.39 is 0 Å². The van der Waals surface area contributed by atoms with Crippen LogP contribution >= 0.6 is 0 Å². The lowest BCUT2D eigenvalue weighted by Crippen LogP contribution is -2.35. The summed E-state index contributed by atoms with van der Waals surface area (Å²) in [7, 11) is 1.90. The van der Waals surface area contributed by atoms with Crippen LogP contribution in [-0.2, 0) is 19.1 Å². The fraction of sp³-hybridized carbons (Fsp3) is 0.278. The van der Waals surface area contributed by atoms with E-state index >= 15 is 0 Å². The van der Waals surface area contributed by atoms with Crippen LogP contribution in [-0.4, -0.2) is 25.7 Å². The van der Waals surface area contributed by atoms with E-state index in [2.05, 4.69) is 25.7 Å². The number of nitrogens with zero attached hydrogens (tertiary/aromatic N) is 3. The molecule has 0 unspecified atom stereocenters. The van der Waals surface area contributed by atoms with E-state index in [0.29, 0.717) is 12.1 Å². The summed E-state index contributed by atoms with van der Waals surface area (Å²) in [6, 6.07) is 7.49. The van der Waals surface area contributed by atoms with Crippen LogP contribution in [0.15, 0.2) is 49.1 Å². The molecule has 2 heterocycles. The molecule has 2 aromatic heterocycles. The molecule has 3 N–H and O–H groups in total. The highest BCUT2D eigenvalue weighted by Gasteiger charge is 2.48. The Morgan fingerprint density at radius 3 is 2.72 bits per heavy atom. The van der Waals surface area contributed by atoms with Gasteiger partial charge in [-0.25, -0.2) is 4.98 Å². The van der Waals surface area contributed by atoms with Crippen LogP contribution in [0.1, 0.15) is 34.6 Å². The third-order valence-electron chi connectivity index (χ3n) is 4.46. The molecule has 128 valence electrons. The summed E-state index contributed by atoms with van der Waals surface area (Å²) in [4.78, 5) is 19.9. The summed E-state index contributed by atoms with van der Waals surface area (Å²) >= 11 is 0. The van der Waals surface area contributed by atoms with Gasteiger partial charge in [-0.05, 0) is 37.1 Å². The molecule has 0 aliphatic heterocycles. The predicted molar refractivity (Wildman–Crippen MR) is 93.9 cm³/mol. The minimum atomic E-state index is -0.322. The number of aryl methyl sites for hydroxylation is 1. The summed E-state index contributed by atoms with van der Waals surface area (Å²) in [6.45, 7) is 0.695. The van der Waals surface area contributed by atoms with E-state index in [-0.39, 0.29) is 11.4 Å². The summed E-state index contributed by atoms with van der Waals surface area (Å²) in [5.41, 5.74) is 2.40. The number of aromatic nitrogens is 4. The third kappa shape index (κ3) is 3.26. The summed E-state index contributed by atoms with van der Waals surface area (Å²) in [5, 5.41) is 10.6. The van der Waals surface area contributed by atoms with E-state index in [1.54, 1.807) is 17.1 Å². The van der Waals surface area contributed by atoms with Crippen molar-refractivity contribution in [3.63, 3.8) is 0 Å². The zero-order valence-corrected chi connectivity index (χ0v) is 14.0. The van der Waals surface area contributed by atoms with Gasteiger partial charge in [-0.15, -0.1) is 0 Å². The molecule has 0 spiro atoms. The Hall–Kier alpha value is -3.09. The van der Waals surface area contributed by atoms with Crippen molar-refractivity contribution < 1.29 is 4.79 Å². The Bertz CT molecular complexity index is 861. The highest BCUT2D eigenvalue weighted by molar-refractivity contribution is 5.95. The monoisotopic (exact) mass is 336 g/mol. The van der Waals surface area contributed by atoms with Crippen molar-refractivity contribution >= 4 is 11.6 Å². The van der Waals surface area contributed by atoms with E-state index in [4.69, 9.17) is 0 Å². The van der Waals surface area contributed by atoms with Gasteiger partial charge in [-0.3, -0.25) is 9.48 Å². The summed E-state index contributed by atoms with van der Waals surface area (Å²) in [5.74, 6) is 0.753. The maximum absolute atomic E-state index is 12.5. The first-order chi connectivity index (χ1) is 12.1. The van der Waals surface area contributed by atoms with Gasteiger partial charge in [0.05, 0.1) is 11.7 Å². The molecule has 4 rings (SSSR count). The standard InChI is InChI=1S/C18H20N6O/c1-24-12-13(11-22-24)10-21-15-4-2-14(3-5-15)16(25)23-18(6-7-18)17-19-8-9-20-17/h2-5,8-9,11-12,21H,6-7,10H2,1H3,(H,19,20)(H,23,25). The van der Waals surface area contributed by atoms with Gasteiger partial charge < -0.3 is 15.6 Å². The van der Waals surface area contributed by atoms with Crippen molar-refractivity contribution in [2.24, 2.45) is 7.05 Å². The molecular weight excluding hydrogens is 316 g/mol. The molecule has 1 aliphatic rings. The van der Waals surface area contributed by atoms with Crippen molar-refractivity contribution in [2.45, 2.75) is 24.9 Å².